The minimum absolute atomic E-state index is 0.0936. The summed E-state index contributed by atoms with van der Waals surface area (Å²) >= 11 is 0. The average Bonchev–Trinajstić information content (AvgIpc) is 3.26. The van der Waals surface area contributed by atoms with Crippen LogP contribution in [0.2, 0.25) is 0 Å². The van der Waals surface area contributed by atoms with Crippen molar-refractivity contribution in [3.8, 4) is 0 Å². The zero-order chi connectivity index (χ0) is 23.2. The van der Waals surface area contributed by atoms with Crippen LogP contribution in [0, 0.1) is 0 Å². The summed E-state index contributed by atoms with van der Waals surface area (Å²) in [6.07, 6.45) is 6.88. The largest absolute Gasteiger partial charge is 0.379 e. The lowest BCUT2D eigenvalue weighted by molar-refractivity contribution is -0.132. The van der Waals surface area contributed by atoms with Gasteiger partial charge >= 0.3 is 0 Å². The van der Waals surface area contributed by atoms with Gasteiger partial charge in [0, 0.05) is 56.7 Å². The first-order chi connectivity index (χ1) is 16.0. The van der Waals surface area contributed by atoms with Crippen molar-refractivity contribution in [2.45, 2.75) is 26.3 Å². The van der Waals surface area contributed by atoms with E-state index >= 15 is 0 Å². The predicted octanol–water partition coefficient (Wildman–Crippen LogP) is 1.24. The Morgan fingerprint density at radius 1 is 1.06 bits per heavy atom. The number of pyridine rings is 1. The monoisotopic (exact) mass is 451 g/mol. The SMILES string of the molecule is CCc1cnc(N2CCN(C(=O)CCOCCn3ccc4ccc(C(N)=O)nc43)CC2)nc1. The van der Waals surface area contributed by atoms with E-state index in [1.165, 1.54) is 0 Å². The molecule has 0 spiro atoms. The van der Waals surface area contributed by atoms with Crippen LogP contribution < -0.4 is 10.6 Å². The first-order valence-corrected chi connectivity index (χ1v) is 11.2. The molecule has 2 amide bonds. The van der Waals surface area contributed by atoms with Crippen molar-refractivity contribution in [2.75, 3.05) is 44.3 Å². The van der Waals surface area contributed by atoms with Crippen LogP contribution in [0.15, 0.2) is 36.8 Å². The summed E-state index contributed by atoms with van der Waals surface area (Å²) in [5.41, 5.74) is 7.36. The van der Waals surface area contributed by atoms with Gasteiger partial charge in [-0.2, -0.15) is 0 Å². The molecule has 10 heteroatoms. The summed E-state index contributed by atoms with van der Waals surface area (Å²) < 4.78 is 7.60. The van der Waals surface area contributed by atoms with Crippen molar-refractivity contribution >= 4 is 28.8 Å². The summed E-state index contributed by atoms with van der Waals surface area (Å²) in [5, 5.41) is 0.932. The second-order valence-corrected chi connectivity index (χ2v) is 7.96. The number of rotatable bonds is 9. The maximum Gasteiger partial charge on any atom is 0.267 e. The number of aryl methyl sites for hydroxylation is 1. The molecule has 1 saturated heterocycles. The molecule has 3 aromatic heterocycles. The highest BCUT2D eigenvalue weighted by Gasteiger charge is 2.22. The Morgan fingerprint density at radius 3 is 2.52 bits per heavy atom. The molecule has 4 heterocycles. The summed E-state index contributed by atoms with van der Waals surface area (Å²) in [5.74, 6) is 0.260. The molecule has 0 aromatic carbocycles. The Bertz CT molecular complexity index is 1100. The normalized spacial score (nSPS) is 14.1. The summed E-state index contributed by atoms with van der Waals surface area (Å²) in [4.78, 5) is 41.1. The van der Waals surface area contributed by atoms with Crippen molar-refractivity contribution in [1.82, 2.24) is 24.4 Å². The molecule has 0 unspecified atom stereocenters. The molecule has 0 saturated carbocycles. The number of nitrogens with zero attached hydrogens (tertiary/aromatic N) is 6. The fourth-order valence-electron chi connectivity index (χ4n) is 3.81. The molecule has 33 heavy (non-hydrogen) atoms. The fourth-order valence-corrected chi connectivity index (χ4v) is 3.81. The second kappa shape index (κ2) is 10.4. The molecular weight excluding hydrogens is 422 g/mol. The van der Waals surface area contributed by atoms with Crippen LogP contribution in [-0.4, -0.2) is 75.6 Å². The lowest BCUT2D eigenvalue weighted by Crippen LogP contribution is -2.49. The van der Waals surface area contributed by atoms with E-state index in [4.69, 9.17) is 10.5 Å². The zero-order valence-corrected chi connectivity index (χ0v) is 18.8. The second-order valence-electron chi connectivity index (χ2n) is 7.96. The van der Waals surface area contributed by atoms with E-state index < -0.39 is 5.91 Å². The number of carbonyl (C=O) groups excluding carboxylic acids is 2. The van der Waals surface area contributed by atoms with Crippen LogP contribution in [0.5, 0.6) is 0 Å². The first kappa shape index (κ1) is 22.7. The molecule has 0 radical (unpaired) electrons. The van der Waals surface area contributed by atoms with Crippen LogP contribution >= 0.6 is 0 Å². The van der Waals surface area contributed by atoms with Crippen molar-refractivity contribution in [3.63, 3.8) is 0 Å². The lowest BCUT2D eigenvalue weighted by Gasteiger charge is -2.34. The van der Waals surface area contributed by atoms with Gasteiger partial charge in [0.15, 0.2) is 0 Å². The molecule has 2 N–H and O–H groups in total. The molecule has 1 fully saturated rings. The maximum atomic E-state index is 12.5. The van der Waals surface area contributed by atoms with Gasteiger partial charge in [0.05, 0.1) is 19.6 Å². The molecule has 0 aliphatic carbocycles. The smallest absolute Gasteiger partial charge is 0.267 e. The van der Waals surface area contributed by atoms with Crippen LogP contribution in [0.4, 0.5) is 5.95 Å². The standard InChI is InChI=1S/C23H29N7O3/c1-2-17-15-25-23(26-16-17)30-10-8-28(9-11-30)20(31)6-13-33-14-12-29-7-5-18-3-4-19(21(24)32)27-22(18)29/h3-5,7,15-16H,2,6,8-14H2,1H3,(H2,24,32). The van der Waals surface area contributed by atoms with Gasteiger partial charge in [-0.1, -0.05) is 6.92 Å². The van der Waals surface area contributed by atoms with Gasteiger partial charge < -0.3 is 24.8 Å². The number of amides is 2. The van der Waals surface area contributed by atoms with E-state index in [9.17, 15) is 9.59 Å². The van der Waals surface area contributed by atoms with Gasteiger partial charge in [-0.15, -0.1) is 0 Å². The summed E-state index contributed by atoms with van der Waals surface area (Å²) in [7, 11) is 0. The van der Waals surface area contributed by atoms with Crippen LogP contribution in [0.1, 0.15) is 29.4 Å². The van der Waals surface area contributed by atoms with E-state index in [1.54, 1.807) is 6.07 Å². The number of fused-ring (bicyclic) bond motifs is 1. The number of hydrogen-bond donors (Lipinski definition) is 1. The molecule has 0 atom stereocenters. The maximum absolute atomic E-state index is 12.5. The molecule has 10 nitrogen and oxygen atoms in total. The molecule has 0 bridgehead atoms. The number of nitrogens with two attached hydrogens (primary N) is 1. The highest BCUT2D eigenvalue weighted by molar-refractivity contribution is 5.93. The number of primary amides is 1. The van der Waals surface area contributed by atoms with E-state index in [0.717, 1.165) is 36.4 Å². The van der Waals surface area contributed by atoms with Crippen molar-refractivity contribution in [3.05, 3.63) is 48.0 Å². The molecule has 3 aromatic rings. The summed E-state index contributed by atoms with van der Waals surface area (Å²) in [6, 6.07) is 5.37. The summed E-state index contributed by atoms with van der Waals surface area (Å²) in [6.45, 7) is 6.20. The predicted molar refractivity (Wildman–Crippen MR) is 124 cm³/mol. The van der Waals surface area contributed by atoms with Gasteiger partial charge in [0.2, 0.25) is 11.9 Å². The first-order valence-electron chi connectivity index (χ1n) is 11.2. The highest BCUT2D eigenvalue weighted by atomic mass is 16.5. The molecule has 1 aliphatic heterocycles. The Balaban J connectivity index is 1.18. The van der Waals surface area contributed by atoms with E-state index in [2.05, 4.69) is 26.8 Å². The Hall–Kier alpha value is -3.53. The highest BCUT2D eigenvalue weighted by Crippen LogP contribution is 2.15. The molecule has 174 valence electrons. The quantitative estimate of drug-likeness (QED) is 0.486. The van der Waals surface area contributed by atoms with E-state index in [-0.39, 0.29) is 11.6 Å². The van der Waals surface area contributed by atoms with Gasteiger partial charge in [-0.3, -0.25) is 9.59 Å². The fraction of sp³-hybridized carbons (Fsp3) is 0.435. The number of carbonyl (C=O) groups is 2. The minimum atomic E-state index is -0.554. The Morgan fingerprint density at radius 2 is 1.82 bits per heavy atom. The van der Waals surface area contributed by atoms with Gasteiger partial charge in [-0.25, -0.2) is 15.0 Å². The number of piperazine rings is 1. The zero-order valence-electron chi connectivity index (χ0n) is 18.8. The third kappa shape index (κ3) is 5.46. The molecule has 4 rings (SSSR count). The van der Waals surface area contributed by atoms with Gasteiger partial charge in [0.1, 0.15) is 11.3 Å². The van der Waals surface area contributed by atoms with Crippen LogP contribution in [-0.2, 0) is 22.5 Å². The topological polar surface area (TPSA) is 119 Å². The minimum Gasteiger partial charge on any atom is -0.379 e. The number of aromatic nitrogens is 4. The molecule has 1 aliphatic rings. The number of anilines is 1. The van der Waals surface area contributed by atoms with E-state index in [1.807, 2.05) is 40.2 Å². The molecular formula is C23H29N7O3. The lowest BCUT2D eigenvalue weighted by atomic mass is 10.2. The Kier molecular flexibility index (Phi) is 7.13. The third-order valence-electron chi connectivity index (χ3n) is 5.82. The number of hydrogen-bond acceptors (Lipinski definition) is 7. The Labute approximate surface area is 192 Å². The average molecular weight is 452 g/mol. The van der Waals surface area contributed by atoms with Gasteiger partial charge in [0.25, 0.3) is 5.91 Å². The van der Waals surface area contributed by atoms with Crippen molar-refractivity contribution in [2.24, 2.45) is 5.73 Å². The third-order valence-corrected chi connectivity index (χ3v) is 5.82. The van der Waals surface area contributed by atoms with Crippen LogP contribution in [0.3, 0.4) is 0 Å². The van der Waals surface area contributed by atoms with E-state index in [0.29, 0.717) is 44.9 Å². The van der Waals surface area contributed by atoms with Crippen molar-refractivity contribution in [1.29, 1.82) is 0 Å². The van der Waals surface area contributed by atoms with Gasteiger partial charge in [-0.05, 0) is 30.2 Å². The van der Waals surface area contributed by atoms with Crippen molar-refractivity contribution < 1.29 is 14.3 Å². The van der Waals surface area contributed by atoms with Crippen LogP contribution in [0.25, 0.3) is 11.0 Å². The number of ether oxygens (including phenoxy) is 1.